The summed E-state index contributed by atoms with van der Waals surface area (Å²) in [4.78, 5) is 12.5. The van der Waals surface area contributed by atoms with Gasteiger partial charge in [0.15, 0.2) is 0 Å². The average molecular weight is 419 g/mol. The Labute approximate surface area is 188 Å². The predicted octanol–water partition coefficient (Wildman–Crippen LogP) is 8.08. The van der Waals surface area contributed by atoms with Crippen LogP contribution in [-0.4, -0.2) is 12.6 Å². The SMILES string of the molecule is C=C(C)C1CC=C(COC(=O)c2ccc(/C=C3\CCC(C)(C)C(CC)=C3C)cc2)CC1. The van der Waals surface area contributed by atoms with Gasteiger partial charge in [-0.05, 0) is 98.1 Å². The summed E-state index contributed by atoms with van der Waals surface area (Å²) in [5.41, 5.74) is 8.95. The van der Waals surface area contributed by atoms with Gasteiger partial charge in [-0.2, -0.15) is 0 Å². The Bertz CT molecular complexity index is 922. The van der Waals surface area contributed by atoms with E-state index in [1.807, 2.05) is 24.3 Å². The first kappa shape index (κ1) is 23.3. The highest BCUT2D eigenvalue weighted by Gasteiger charge is 2.29. The van der Waals surface area contributed by atoms with Gasteiger partial charge in [-0.15, -0.1) is 0 Å². The molecule has 1 unspecified atom stereocenters. The minimum atomic E-state index is -0.245. The lowest BCUT2D eigenvalue weighted by Crippen LogP contribution is -2.21. The lowest BCUT2D eigenvalue weighted by Gasteiger charge is -2.35. The van der Waals surface area contributed by atoms with E-state index in [-0.39, 0.29) is 5.97 Å². The van der Waals surface area contributed by atoms with Crippen molar-refractivity contribution in [1.29, 1.82) is 0 Å². The van der Waals surface area contributed by atoms with Crippen LogP contribution >= 0.6 is 0 Å². The highest BCUT2D eigenvalue weighted by molar-refractivity contribution is 5.89. The van der Waals surface area contributed by atoms with E-state index in [0.29, 0.717) is 23.5 Å². The van der Waals surface area contributed by atoms with Crippen LogP contribution in [0.1, 0.15) is 89.1 Å². The zero-order valence-corrected chi connectivity index (χ0v) is 20.0. The molecule has 2 nitrogen and oxygen atoms in total. The number of esters is 1. The van der Waals surface area contributed by atoms with Gasteiger partial charge in [0, 0.05) is 0 Å². The van der Waals surface area contributed by atoms with E-state index in [1.165, 1.54) is 28.7 Å². The topological polar surface area (TPSA) is 26.3 Å². The summed E-state index contributed by atoms with van der Waals surface area (Å²) in [6, 6.07) is 7.82. The summed E-state index contributed by atoms with van der Waals surface area (Å²) in [5, 5.41) is 0. The van der Waals surface area contributed by atoms with E-state index in [1.54, 1.807) is 5.57 Å². The number of carbonyl (C=O) groups is 1. The molecule has 2 aliphatic rings. The fraction of sp³-hybridized carbons (Fsp3) is 0.483. The highest BCUT2D eigenvalue weighted by Crippen LogP contribution is 2.44. The van der Waals surface area contributed by atoms with Crippen LogP contribution in [0.5, 0.6) is 0 Å². The molecular formula is C29H38O2. The Morgan fingerprint density at radius 3 is 2.52 bits per heavy atom. The van der Waals surface area contributed by atoms with Gasteiger partial charge >= 0.3 is 5.97 Å². The second kappa shape index (κ2) is 9.85. The molecule has 0 radical (unpaired) electrons. The second-order valence-corrected chi connectivity index (χ2v) is 9.89. The first-order valence-electron chi connectivity index (χ1n) is 11.7. The lowest BCUT2D eigenvalue weighted by molar-refractivity contribution is 0.0535. The van der Waals surface area contributed by atoms with Gasteiger partial charge in [-0.25, -0.2) is 4.79 Å². The molecule has 0 aliphatic heterocycles. The number of rotatable bonds is 6. The standard InChI is InChI=1S/C29H38O2/c1-7-27-21(4)26(16-17-29(27,5)6)18-22-8-14-25(15-9-22)28(30)31-19-23-10-12-24(13-11-23)20(2)3/h8-10,14-15,18,24H,2,7,11-13,16-17,19H2,1,3-6H3/b26-18+. The Morgan fingerprint density at radius 1 is 1.23 bits per heavy atom. The number of carbonyl (C=O) groups excluding carboxylic acids is 1. The van der Waals surface area contributed by atoms with Crippen molar-refractivity contribution in [2.45, 2.75) is 73.1 Å². The lowest BCUT2D eigenvalue weighted by atomic mass is 9.70. The fourth-order valence-corrected chi connectivity index (χ4v) is 5.04. The number of benzene rings is 1. The van der Waals surface area contributed by atoms with Crippen LogP contribution in [0.4, 0.5) is 0 Å². The summed E-state index contributed by atoms with van der Waals surface area (Å²) in [6.07, 6.45) is 11.0. The van der Waals surface area contributed by atoms with E-state index in [2.05, 4.69) is 53.3 Å². The molecule has 0 bridgehead atoms. The van der Waals surface area contributed by atoms with Crippen molar-refractivity contribution < 1.29 is 9.53 Å². The average Bonchev–Trinajstić information content (AvgIpc) is 2.75. The van der Waals surface area contributed by atoms with Crippen LogP contribution in [0.15, 0.2) is 64.8 Å². The highest BCUT2D eigenvalue weighted by atomic mass is 16.5. The van der Waals surface area contributed by atoms with Gasteiger partial charge in [0.25, 0.3) is 0 Å². The maximum Gasteiger partial charge on any atom is 0.338 e. The van der Waals surface area contributed by atoms with Crippen LogP contribution in [0.3, 0.4) is 0 Å². The molecule has 166 valence electrons. The van der Waals surface area contributed by atoms with Crippen LogP contribution in [-0.2, 0) is 4.74 Å². The molecule has 0 heterocycles. The van der Waals surface area contributed by atoms with Crippen LogP contribution in [0, 0.1) is 11.3 Å². The summed E-state index contributed by atoms with van der Waals surface area (Å²) in [5.74, 6) is 0.328. The Hall–Kier alpha value is -2.35. The Morgan fingerprint density at radius 2 is 1.94 bits per heavy atom. The molecule has 0 amide bonds. The number of hydrogen-bond acceptors (Lipinski definition) is 2. The maximum atomic E-state index is 12.5. The molecule has 0 saturated carbocycles. The number of allylic oxidation sites excluding steroid dienone is 5. The summed E-state index contributed by atoms with van der Waals surface area (Å²) in [7, 11) is 0. The van der Waals surface area contributed by atoms with E-state index >= 15 is 0 Å². The van der Waals surface area contributed by atoms with Crippen molar-refractivity contribution in [2.24, 2.45) is 11.3 Å². The van der Waals surface area contributed by atoms with Crippen molar-refractivity contribution in [3.8, 4) is 0 Å². The summed E-state index contributed by atoms with van der Waals surface area (Å²) >= 11 is 0. The quantitative estimate of drug-likeness (QED) is 0.345. The van der Waals surface area contributed by atoms with Crippen LogP contribution < -0.4 is 0 Å². The first-order chi connectivity index (χ1) is 14.7. The molecule has 2 heteroatoms. The van der Waals surface area contributed by atoms with Gasteiger partial charge in [0.05, 0.1) is 5.56 Å². The van der Waals surface area contributed by atoms with Gasteiger partial charge in [-0.1, -0.05) is 62.8 Å². The molecule has 1 aromatic carbocycles. The van der Waals surface area contributed by atoms with Crippen LogP contribution in [0.2, 0.25) is 0 Å². The molecule has 0 fully saturated rings. The van der Waals surface area contributed by atoms with Gasteiger partial charge in [-0.3, -0.25) is 0 Å². The third kappa shape index (κ3) is 5.67. The van der Waals surface area contributed by atoms with Crippen molar-refractivity contribution in [3.63, 3.8) is 0 Å². The molecule has 1 atom stereocenters. The third-order valence-corrected chi connectivity index (χ3v) is 7.20. The first-order valence-corrected chi connectivity index (χ1v) is 11.7. The van der Waals surface area contributed by atoms with Gasteiger partial charge in [0.1, 0.15) is 6.61 Å². The number of ether oxygens (including phenoxy) is 1. The molecule has 2 aliphatic carbocycles. The smallest absolute Gasteiger partial charge is 0.338 e. The van der Waals surface area contributed by atoms with Crippen molar-refractivity contribution in [1.82, 2.24) is 0 Å². The van der Waals surface area contributed by atoms with Crippen LogP contribution in [0.25, 0.3) is 6.08 Å². The minimum absolute atomic E-state index is 0.245. The van der Waals surface area contributed by atoms with Gasteiger partial charge in [0.2, 0.25) is 0 Å². The van der Waals surface area contributed by atoms with E-state index < -0.39 is 0 Å². The van der Waals surface area contributed by atoms with E-state index in [4.69, 9.17) is 4.74 Å². The maximum absolute atomic E-state index is 12.5. The molecular weight excluding hydrogens is 380 g/mol. The van der Waals surface area contributed by atoms with Crippen molar-refractivity contribution >= 4 is 12.0 Å². The summed E-state index contributed by atoms with van der Waals surface area (Å²) < 4.78 is 5.57. The van der Waals surface area contributed by atoms with E-state index in [9.17, 15) is 4.79 Å². The third-order valence-electron chi connectivity index (χ3n) is 7.20. The molecule has 0 N–H and O–H groups in total. The summed E-state index contributed by atoms with van der Waals surface area (Å²) in [6.45, 7) is 15.8. The fourth-order valence-electron chi connectivity index (χ4n) is 5.04. The molecule has 1 aromatic rings. The minimum Gasteiger partial charge on any atom is -0.458 e. The zero-order chi connectivity index (χ0) is 22.6. The molecule has 3 rings (SSSR count). The molecule has 0 saturated heterocycles. The Kier molecular flexibility index (Phi) is 7.41. The largest absolute Gasteiger partial charge is 0.458 e. The predicted molar refractivity (Wildman–Crippen MR) is 131 cm³/mol. The zero-order valence-electron chi connectivity index (χ0n) is 20.0. The van der Waals surface area contributed by atoms with Crippen molar-refractivity contribution in [2.75, 3.05) is 6.61 Å². The molecule has 31 heavy (non-hydrogen) atoms. The molecule has 0 aromatic heterocycles. The molecule has 0 spiro atoms. The van der Waals surface area contributed by atoms with Crippen molar-refractivity contribution in [3.05, 3.63) is 75.9 Å². The van der Waals surface area contributed by atoms with Gasteiger partial charge < -0.3 is 4.74 Å². The Balaban J connectivity index is 1.62. The normalized spacial score (nSPS) is 22.3. The monoisotopic (exact) mass is 418 g/mol. The number of hydrogen-bond donors (Lipinski definition) is 0. The van der Waals surface area contributed by atoms with E-state index in [0.717, 1.165) is 37.7 Å². The second-order valence-electron chi connectivity index (χ2n) is 9.89.